The van der Waals surface area contributed by atoms with Crippen LogP contribution < -0.4 is 15.4 Å². The number of rotatable bonds is 4. The minimum Gasteiger partial charge on any atom is -0.481 e. The van der Waals surface area contributed by atoms with Gasteiger partial charge in [0.25, 0.3) is 5.91 Å². The first-order valence-electron chi connectivity index (χ1n) is 7.52. The number of anilines is 2. The number of methoxy groups -OCH3 is 1. The maximum Gasteiger partial charge on any atom is 0.255 e. The lowest BCUT2D eigenvalue weighted by molar-refractivity contribution is -0.123. The average Bonchev–Trinajstić information content (AvgIpc) is 2.55. The molecule has 126 valence electrons. The number of carbonyl (C=O) groups excluding carboxylic acids is 2. The number of hydrogen-bond acceptors (Lipinski definition) is 4. The topological polar surface area (TPSA) is 80.3 Å². The van der Waals surface area contributed by atoms with Crippen LogP contribution in [-0.2, 0) is 4.79 Å². The lowest BCUT2D eigenvalue weighted by Crippen LogP contribution is -2.27. The van der Waals surface area contributed by atoms with Crippen molar-refractivity contribution in [2.45, 2.75) is 20.8 Å². The zero-order chi connectivity index (χ0) is 17.7. The van der Waals surface area contributed by atoms with Crippen molar-refractivity contribution in [3.05, 3.63) is 48.2 Å². The maximum absolute atomic E-state index is 12.3. The summed E-state index contributed by atoms with van der Waals surface area (Å²) in [5.41, 5.74) is 1.07. The third kappa shape index (κ3) is 4.55. The number of amides is 2. The third-order valence-corrected chi connectivity index (χ3v) is 3.27. The molecule has 0 unspecified atom stereocenters. The van der Waals surface area contributed by atoms with E-state index in [1.807, 2.05) is 20.8 Å². The summed E-state index contributed by atoms with van der Waals surface area (Å²) in [6.07, 6.45) is 1.52. The molecule has 24 heavy (non-hydrogen) atoms. The van der Waals surface area contributed by atoms with E-state index in [0.29, 0.717) is 22.8 Å². The van der Waals surface area contributed by atoms with Crippen LogP contribution >= 0.6 is 0 Å². The standard InChI is InChI=1S/C18H21N3O3/c1-18(2,3)17(23)21-13-7-5-6-12(10-13)16(22)20-14-8-9-15(24-4)19-11-14/h5-11H,1-4H3,(H,20,22)(H,21,23). The molecule has 1 aromatic carbocycles. The van der Waals surface area contributed by atoms with Crippen molar-refractivity contribution in [1.29, 1.82) is 0 Å². The van der Waals surface area contributed by atoms with Crippen LogP contribution in [0.5, 0.6) is 5.88 Å². The van der Waals surface area contributed by atoms with Crippen LogP contribution in [0.15, 0.2) is 42.6 Å². The Morgan fingerprint density at radius 3 is 2.38 bits per heavy atom. The minimum atomic E-state index is -0.507. The van der Waals surface area contributed by atoms with E-state index >= 15 is 0 Å². The van der Waals surface area contributed by atoms with Gasteiger partial charge in [-0.1, -0.05) is 26.8 Å². The molecule has 2 N–H and O–H groups in total. The van der Waals surface area contributed by atoms with Crippen molar-refractivity contribution in [2.24, 2.45) is 5.41 Å². The lowest BCUT2D eigenvalue weighted by atomic mass is 9.95. The molecular weight excluding hydrogens is 306 g/mol. The van der Waals surface area contributed by atoms with Gasteiger partial charge in [-0.25, -0.2) is 4.98 Å². The second-order valence-corrected chi connectivity index (χ2v) is 6.33. The Balaban J connectivity index is 2.09. The van der Waals surface area contributed by atoms with E-state index in [4.69, 9.17) is 4.74 Å². The summed E-state index contributed by atoms with van der Waals surface area (Å²) < 4.78 is 4.97. The van der Waals surface area contributed by atoms with E-state index < -0.39 is 5.41 Å². The molecule has 1 aromatic heterocycles. The quantitative estimate of drug-likeness (QED) is 0.902. The number of benzene rings is 1. The molecule has 0 saturated carbocycles. The summed E-state index contributed by atoms with van der Waals surface area (Å²) in [4.78, 5) is 28.4. The molecule has 6 nitrogen and oxygen atoms in total. The van der Waals surface area contributed by atoms with Gasteiger partial charge in [0.1, 0.15) is 0 Å². The van der Waals surface area contributed by atoms with E-state index in [0.717, 1.165) is 0 Å². The molecule has 0 aliphatic carbocycles. The van der Waals surface area contributed by atoms with Crippen molar-refractivity contribution in [3.63, 3.8) is 0 Å². The van der Waals surface area contributed by atoms with E-state index in [-0.39, 0.29) is 11.8 Å². The van der Waals surface area contributed by atoms with Crippen LogP contribution in [0, 0.1) is 5.41 Å². The van der Waals surface area contributed by atoms with Gasteiger partial charge in [0, 0.05) is 22.7 Å². The predicted octanol–water partition coefficient (Wildman–Crippen LogP) is 3.33. The first kappa shape index (κ1) is 17.5. The number of carbonyl (C=O) groups is 2. The van der Waals surface area contributed by atoms with Crippen LogP contribution in [0.3, 0.4) is 0 Å². The molecule has 2 rings (SSSR count). The molecule has 0 spiro atoms. The van der Waals surface area contributed by atoms with E-state index in [9.17, 15) is 9.59 Å². The molecule has 2 aromatic rings. The number of hydrogen-bond donors (Lipinski definition) is 2. The van der Waals surface area contributed by atoms with Crippen molar-refractivity contribution in [2.75, 3.05) is 17.7 Å². The van der Waals surface area contributed by atoms with Gasteiger partial charge in [-0.05, 0) is 24.3 Å². The third-order valence-electron chi connectivity index (χ3n) is 3.27. The van der Waals surface area contributed by atoms with Gasteiger partial charge in [-0.3, -0.25) is 9.59 Å². The monoisotopic (exact) mass is 327 g/mol. The fourth-order valence-corrected chi connectivity index (χ4v) is 1.84. The highest BCUT2D eigenvalue weighted by Crippen LogP contribution is 2.19. The van der Waals surface area contributed by atoms with Crippen molar-refractivity contribution >= 4 is 23.2 Å². The van der Waals surface area contributed by atoms with Gasteiger partial charge >= 0.3 is 0 Å². The van der Waals surface area contributed by atoms with E-state index in [2.05, 4.69) is 15.6 Å². The number of aromatic nitrogens is 1. The number of ether oxygens (including phenoxy) is 1. The van der Waals surface area contributed by atoms with Crippen molar-refractivity contribution < 1.29 is 14.3 Å². The highest BCUT2D eigenvalue weighted by Gasteiger charge is 2.21. The van der Waals surface area contributed by atoms with Gasteiger partial charge in [-0.15, -0.1) is 0 Å². The normalized spacial score (nSPS) is 10.8. The molecule has 2 amide bonds. The highest BCUT2D eigenvalue weighted by atomic mass is 16.5. The number of nitrogens with one attached hydrogen (secondary N) is 2. The van der Waals surface area contributed by atoms with Gasteiger partial charge in [0.2, 0.25) is 11.8 Å². The van der Waals surface area contributed by atoms with Gasteiger partial charge < -0.3 is 15.4 Å². The van der Waals surface area contributed by atoms with E-state index in [1.165, 1.54) is 13.3 Å². The van der Waals surface area contributed by atoms with Crippen molar-refractivity contribution in [3.8, 4) is 5.88 Å². The molecular formula is C18H21N3O3. The molecule has 1 heterocycles. The Morgan fingerprint density at radius 2 is 1.79 bits per heavy atom. The van der Waals surface area contributed by atoms with Crippen LogP contribution in [0.25, 0.3) is 0 Å². The zero-order valence-corrected chi connectivity index (χ0v) is 14.2. The molecule has 6 heteroatoms. The maximum atomic E-state index is 12.3. The molecule has 0 fully saturated rings. The van der Waals surface area contributed by atoms with Crippen LogP contribution in [0.4, 0.5) is 11.4 Å². The van der Waals surface area contributed by atoms with Gasteiger partial charge in [0.15, 0.2) is 0 Å². The second kappa shape index (κ2) is 7.12. The Morgan fingerprint density at radius 1 is 1.04 bits per heavy atom. The fraction of sp³-hybridized carbons (Fsp3) is 0.278. The summed E-state index contributed by atoms with van der Waals surface area (Å²) in [5.74, 6) is 0.0770. The van der Waals surface area contributed by atoms with Crippen molar-refractivity contribution in [1.82, 2.24) is 4.98 Å². The molecule has 0 radical (unpaired) electrons. The largest absolute Gasteiger partial charge is 0.481 e. The summed E-state index contributed by atoms with van der Waals surface area (Å²) in [6, 6.07) is 10.1. The number of pyridine rings is 1. The number of nitrogens with zero attached hydrogens (tertiary/aromatic N) is 1. The second-order valence-electron chi connectivity index (χ2n) is 6.33. The smallest absolute Gasteiger partial charge is 0.255 e. The molecule has 0 aliphatic heterocycles. The van der Waals surface area contributed by atoms with Gasteiger partial charge in [0.05, 0.1) is 19.0 Å². The molecule has 0 atom stereocenters. The summed E-state index contributed by atoms with van der Waals surface area (Å²) in [5, 5.41) is 5.56. The Labute approximate surface area is 141 Å². The first-order chi connectivity index (χ1) is 11.3. The van der Waals surface area contributed by atoms with Crippen LogP contribution in [0.1, 0.15) is 31.1 Å². The molecule has 0 saturated heterocycles. The molecule has 0 bridgehead atoms. The fourth-order valence-electron chi connectivity index (χ4n) is 1.84. The van der Waals surface area contributed by atoms with E-state index in [1.54, 1.807) is 36.4 Å². The first-order valence-corrected chi connectivity index (χ1v) is 7.52. The summed E-state index contributed by atoms with van der Waals surface area (Å²) in [7, 11) is 1.53. The Bertz CT molecular complexity index is 734. The van der Waals surface area contributed by atoms with Crippen LogP contribution in [-0.4, -0.2) is 23.9 Å². The zero-order valence-electron chi connectivity index (χ0n) is 14.2. The SMILES string of the molecule is COc1ccc(NC(=O)c2cccc(NC(=O)C(C)(C)C)c2)cn1. The summed E-state index contributed by atoms with van der Waals surface area (Å²) >= 11 is 0. The Hall–Kier alpha value is -2.89. The minimum absolute atomic E-state index is 0.112. The Kier molecular flexibility index (Phi) is 5.18. The van der Waals surface area contributed by atoms with Crippen LogP contribution in [0.2, 0.25) is 0 Å². The highest BCUT2D eigenvalue weighted by molar-refractivity contribution is 6.05. The predicted molar refractivity (Wildman–Crippen MR) is 93.3 cm³/mol. The van der Waals surface area contributed by atoms with Gasteiger partial charge in [-0.2, -0.15) is 0 Å². The average molecular weight is 327 g/mol. The molecule has 0 aliphatic rings. The lowest BCUT2D eigenvalue weighted by Gasteiger charge is -2.18. The summed E-state index contributed by atoms with van der Waals surface area (Å²) in [6.45, 7) is 5.49.